The van der Waals surface area contributed by atoms with E-state index >= 15 is 0 Å². The molecule has 3 aromatic rings. The van der Waals surface area contributed by atoms with Crippen LogP contribution in [0.5, 0.6) is 0 Å². The van der Waals surface area contributed by atoms with E-state index in [-0.39, 0.29) is 30.9 Å². The Morgan fingerprint density at radius 1 is 1.42 bits per heavy atom. The van der Waals surface area contributed by atoms with Gasteiger partial charge in [0.2, 0.25) is 0 Å². The highest BCUT2D eigenvalue weighted by molar-refractivity contribution is 7.19. The van der Waals surface area contributed by atoms with Gasteiger partial charge in [-0.25, -0.2) is 4.98 Å². The third-order valence-corrected chi connectivity index (χ3v) is 6.18. The van der Waals surface area contributed by atoms with Crippen molar-refractivity contribution in [3.63, 3.8) is 0 Å². The molecule has 1 atom stereocenters. The Bertz CT molecular complexity index is 888. The summed E-state index contributed by atoms with van der Waals surface area (Å²) < 4.78 is 1.09. The van der Waals surface area contributed by atoms with E-state index in [2.05, 4.69) is 27.8 Å². The SMILES string of the molecule is Cc1c(C[C@@H](N)CC#N)sc2c(NCc3cccs3)cc(Cl)nc12.Cl.Cl. The Morgan fingerprint density at radius 2 is 2.19 bits per heavy atom. The quantitative estimate of drug-likeness (QED) is 0.483. The third-order valence-electron chi connectivity index (χ3n) is 3.77. The molecule has 4 nitrogen and oxygen atoms in total. The van der Waals surface area contributed by atoms with Crippen LogP contribution in [-0.4, -0.2) is 11.0 Å². The Morgan fingerprint density at radius 3 is 2.85 bits per heavy atom. The Labute approximate surface area is 178 Å². The molecule has 0 fully saturated rings. The zero-order valence-corrected chi connectivity index (χ0v) is 18.0. The van der Waals surface area contributed by atoms with Gasteiger partial charge in [-0.15, -0.1) is 47.5 Å². The summed E-state index contributed by atoms with van der Waals surface area (Å²) in [5, 5.41) is 14.8. The van der Waals surface area contributed by atoms with E-state index in [4.69, 9.17) is 22.6 Å². The second kappa shape index (κ2) is 10.3. The molecule has 26 heavy (non-hydrogen) atoms. The van der Waals surface area contributed by atoms with Gasteiger partial charge < -0.3 is 11.1 Å². The van der Waals surface area contributed by atoms with Gasteiger partial charge in [0.05, 0.1) is 28.4 Å². The van der Waals surface area contributed by atoms with Crippen molar-refractivity contribution in [3.05, 3.63) is 44.1 Å². The second-order valence-corrected chi connectivity index (χ2v) is 8.10. The summed E-state index contributed by atoms with van der Waals surface area (Å²) in [6.45, 7) is 2.80. The molecule has 0 bridgehead atoms. The highest BCUT2D eigenvalue weighted by atomic mass is 35.5. The van der Waals surface area contributed by atoms with E-state index in [1.807, 2.05) is 19.1 Å². The molecule has 3 N–H and O–H groups in total. The van der Waals surface area contributed by atoms with Crippen molar-refractivity contribution >= 4 is 75.0 Å². The van der Waals surface area contributed by atoms with Gasteiger partial charge >= 0.3 is 0 Å². The first-order chi connectivity index (χ1) is 11.6. The standard InChI is InChI=1S/C17H17ClN4S2.2ClH/c1-10-14(7-11(20)4-5-19)24-17-13(8-15(18)22-16(10)17)21-9-12-3-2-6-23-12;;/h2-3,6,8,11H,4,7,9,20H2,1H3,(H,21,22);2*1H/t11-;;/m0../s1. The first-order valence-electron chi connectivity index (χ1n) is 7.55. The van der Waals surface area contributed by atoms with Gasteiger partial charge in [0.25, 0.3) is 0 Å². The number of hydrogen-bond donors (Lipinski definition) is 2. The third kappa shape index (κ3) is 5.23. The van der Waals surface area contributed by atoms with Crippen LogP contribution in [-0.2, 0) is 13.0 Å². The van der Waals surface area contributed by atoms with Crippen LogP contribution in [0.4, 0.5) is 5.69 Å². The molecule has 9 heteroatoms. The number of rotatable bonds is 6. The first kappa shape index (κ1) is 23.0. The molecule has 0 aliphatic carbocycles. The maximum absolute atomic E-state index is 8.80. The largest absolute Gasteiger partial charge is 0.379 e. The molecular formula is C17H19Cl3N4S2. The Kier molecular flexibility index (Phi) is 9.11. The fraction of sp³-hybridized carbons (Fsp3) is 0.294. The number of aromatic nitrogens is 1. The minimum atomic E-state index is -0.153. The van der Waals surface area contributed by atoms with Crippen molar-refractivity contribution in [2.75, 3.05) is 5.32 Å². The van der Waals surface area contributed by atoms with E-state index in [1.54, 1.807) is 22.7 Å². The minimum Gasteiger partial charge on any atom is -0.379 e. The van der Waals surface area contributed by atoms with Gasteiger partial charge in [0, 0.05) is 28.4 Å². The van der Waals surface area contributed by atoms with Gasteiger partial charge in [-0.1, -0.05) is 17.7 Å². The van der Waals surface area contributed by atoms with Crippen molar-refractivity contribution in [2.24, 2.45) is 5.73 Å². The van der Waals surface area contributed by atoms with Crippen LogP contribution in [0.15, 0.2) is 23.6 Å². The summed E-state index contributed by atoms with van der Waals surface area (Å²) in [6.07, 6.45) is 1.04. The lowest BCUT2D eigenvalue weighted by Gasteiger charge is -2.06. The van der Waals surface area contributed by atoms with E-state index < -0.39 is 0 Å². The average molecular weight is 450 g/mol. The number of hydrogen-bond acceptors (Lipinski definition) is 6. The average Bonchev–Trinajstić information content (AvgIpc) is 3.15. The number of halogens is 3. The number of nitrogens with one attached hydrogen (secondary N) is 1. The van der Waals surface area contributed by atoms with Crippen molar-refractivity contribution in [2.45, 2.75) is 32.4 Å². The molecule has 0 spiro atoms. The first-order valence-corrected chi connectivity index (χ1v) is 9.63. The van der Waals surface area contributed by atoms with E-state index in [9.17, 15) is 0 Å². The lowest BCUT2D eigenvalue weighted by Crippen LogP contribution is -2.21. The number of fused-ring (bicyclic) bond motifs is 1. The second-order valence-electron chi connectivity index (χ2n) is 5.58. The molecule has 3 rings (SSSR count). The molecule has 3 heterocycles. The number of aryl methyl sites for hydroxylation is 1. The predicted octanol–water partition coefficient (Wildman–Crippen LogP) is 5.56. The van der Waals surface area contributed by atoms with Crippen LogP contribution < -0.4 is 11.1 Å². The lowest BCUT2D eigenvalue weighted by molar-refractivity contribution is 0.690. The predicted molar refractivity (Wildman–Crippen MR) is 117 cm³/mol. The summed E-state index contributed by atoms with van der Waals surface area (Å²) in [7, 11) is 0. The molecule has 0 radical (unpaired) electrons. The summed E-state index contributed by atoms with van der Waals surface area (Å²) in [6, 6.07) is 7.99. The van der Waals surface area contributed by atoms with Gasteiger partial charge in [0.1, 0.15) is 5.15 Å². The van der Waals surface area contributed by atoms with Gasteiger partial charge in [-0.3, -0.25) is 0 Å². The van der Waals surface area contributed by atoms with Crippen LogP contribution in [0.2, 0.25) is 5.15 Å². The zero-order valence-electron chi connectivity index (χ0n) is 14.0. The van der Waals surface area contributed by atoms with Crippen molar-refractivity contribution in [1.82, 2.24) is 4.98 Å². The number of pyridine rings is 1. The zero-order chi connectivity index (χ0) is 17.1. The lowest BCUT2D eigenvalue weighted by atomic mass is 10.1. The molecule has 0 saturated heterocycles. The normalized spacial score (nSPS) is 11.3. The number of thiophene rings is 2. The fourth-order valence-electron chi connectivity index (χ4n) is 2.54. The van der Waals surface area contributed by atoms with Crippen LogP contribution in [0.3, 0.4) is 0 Å². The van der Waals surface area contributed by atoms with Gasteiger partial charge in [0.15, 0.2) is 0 Å². The number of anilines is 1. The van der Waals surface area contributed by atoms with Crippen LogP contribution in [0, 0.1) is 18.3 Å². The molecule has 0 aliphatic heterocycles. The Hall–Kier alpha value is -1.07. The summed E-state index contributed by atoms with van der Waals surface area (Å²) >= 11 is 9.61. The van der Waals surface area contributed by atoms with E-state index in [0.29, 0.717) is 18.0 Å². The maximum atomic E-state index is 8.80. The van der Waals surface area contributed by atoms with Crippen molar-refractivity contribution in [3.8, 4) is 6.07 Å². The van der Waals surface area contributed by atoms with Gasteiger partial charge in [-0.05, 0) is 30.4 Å². The van der Waals surface area contributed by atoms with Gasteiger partial charge in [-0.2, -0.15) is 5.26 Å². The van der Waals surface area contributed by atoms with Crippen molar-refractivity contribution < 1.29 is 0 Å². The summed E-state index contributed by atoms with van der Waals surface area (Å²) in [5.41, 5.74) is 9.03. The molecule has 140 valence electrons. The topological polar surface area (TPSA) is 74.7 Å². The van der Waals surface area contributed by atoms with Crippen LogP contribution >= 0.6 is 59.1 Å². The molecular weight excluding hydrogens is 431 g/mol. The number of nitrogens with zero attached hydrogens (tertiary/aromatic N) is 2. The van der Waals surface area contributed by atoms with Crippen LogP contribution in [0.1, 0.15) is 21.7 Å². The molecule has 0 amide bonds. The smallest absolute Gasteiger partial charge is 0.131 e. The maximum Gasteiger partial charge on any atom is 0.131 e. The van der Waals surface area contributed by atoms with E-state index in [0.717, 1.165) is 28.0 Å². The molecule has 0 aliphatic rings. The Balaban J connectivity index is 0.00000169. The summed E-state index contributed by atoms with van der Waals surface area (Å²) in [4.78, 5) is 6.92. The van der Waals surface area contributed by atoms with Crippen molar-refractivity contribution in [1.29, 1.82) is 5.26 Å². The highest BCUT2D eigenvalue weighted by Crippen LogP contribution is 2.37. The molecule has 0 aromatic carbocycles. The number of nitrogens with two attached hydrogens (primary N) is 1. The minimum absolute atomic E-state index is 0. The molecule has 0 saturated carbocycles. The molecule has 0 unspecified atom stereocenters. The summed E-state index contributed by atoms with van der Waals surface area (Å²) in [5.74, 6) is 0. The highest BCUT2D eigenvalue weighted by Gasteiger charge is 2.16. The fourth-order valence-corrected chi connectivity index (χ4v) is 4.71. The number of nitriles is 1. The molecule has 3 aromatic heterocycles. The van der Waals surface area contributed by atoms with Crippen LogP contribution in [0.25, 0.3) is 10.2 Å². The monoisotopic (exact) mass is 448 g/mol. The van der Waals surface area contributed by atoms with E-state index in [1.165, 1.54) is 9.75 Å².